The average molecular weight is 367 g/mol. The van der Waals surface area contributed by atoms with E-state index in [-0.39, 0.29) is 5.56 Å². The first-order valence-electron chi connectivity index (χ1n) is 7.78. The maximum atomic E-state index is 12.1. The maximum Gasteiger partial charge on any atom is 0.255 e. The summed E-state index contributed by atoms with van der Waals surface area (Å²) < 4.78 is 0. The highest BCUT2D eigenvalue weighted by Crippen LogP contribution is 2.22. The second-order valence-corrected chi connectivity index (χ2v) is 6.33. The predicted molar refractivity (Wildman–Crippen MR) is 101 cm³/mol. The number of hydrazone groups is 1. The summed E-state index contributed by atoms with van der Waals surface area (Å²) in [5, 5.41) is 5.20. The minimum absolute atomic E-state index is 0.124. The Balaban J connectivity index is 2.18. The molecule has 1 heterocycles. The van der Waals surface area contributed by atoms with Crippen LogP contribution in [0.3, 0.4) is 0 Å². The molecule has 0 bridgehead atoms. The van der Waals surface area contributed by atoms with Gasteiger partial charge in [0.15, 0.2) is 0 Å². The van der Waals surface area contributed by atoms with Crippen molar-refractivity contribution in [2.75, 3.05) is 5.43 Å². The van der Waals surface area contributed by atoms with Crippen LogP contribution in [-0.2, 0) is 6.42 Å². The van der Waals surface area contributed by atoms with Crippen LogP contribution in [0.2, 0.25) is 10.0 Å². The second-order valence-electron chi connectivity index (χ2n) is 5.52. The third-order valence-corrected chi connectivity index (χ3v) is 4.41. The quantitative estimate of drug-likeness (QED) is 0.581. The van der Waals surface area contributed by atoms with Crippen LogP contribution in [0.15, 0.2) is 28.1 Å². The number of H-pyrrole nitrogens is 1. The van der Waals surface area contributed by atoms with Crippen molar-refractivity contribution in [1.29, 1.82) is 0 Å². The lowest BCUT2D eigenvalue weighted by atomic mass is 10.1. The molecule has 2 aromatic rings. The number of halogens is 2. The lowest BCUT2D eigenvalue weighted by molar-refractivity contribution is 0.774. The van der Waals surface area contributed by atoms with E-state index < -0.39 is 0 Å². The van der Waals surface area contributed by atoms with Gasteiger partial charge in [0.25, 0.3) is 5.56 Å². The molecule has 5 nitrogen and oxygen atoms in total. The fourth-order valence-corrected chi connectivity index (χ4v) is 2.53. The summed E-state index contributed by atoms with van der Waals surface area (Å²) in [6.45, 7) is 5.75. The zero-order valence-electron chi connectivity index (χ0n) is 13.9. The Labute approximate surface area is 151 Å². The number of anilines is 1. The van der Waals surface area contributed by atoms with Crippen LogP contribution >= 0.6 is 23.2 Å². The Morgan fingerprint density at radius 1 is 1.33 bits per heavy atom. The molecule has 24 heavy (non-hydrogen) atoms. The Hall–Kier alpha value is -1.85. The van der Waals surface area contributed by atoms with Crippen molar-refractivity contribution in [2.24, 2.45) is 5.10 Å². The van der Waals surface area contributed by atoms with E-state index in [0.717, 1.165) is 36.1 Å². The molecule has 0 aliphatic carbocycles. The van der Waals surface area contributed by atoms with Gasteiger partial charge in [0.05, 0.1) is 15.8 Å². The van der Waals surface area contributed by atoms with E-state index in [1.54, 1.807) is 12.1 Å². The molecule has 7 heteroatoms. The van der Waals surface area contributed by atoms with E-state index in [9.17, 15) is 4.79 Å². The molecule has 0 amide bonds. The summed E-state index contributed by atoms with van der Waals surface area (Å²) in [6.07, 6.45) is 2.73. The predicted octanol–water partition coefficient (Wildman–Crippen LogP) is 4.56. The fourth-order valence-electron chi connectivity index (χ4n) is 2.23. The number of nitrogens with zero attached hydrogens (tertiary/aromatic N) is 2. The van der Waals surface area contributed by atoms with Gasteiger partial charge in [-0.05, 0) is 44.4 Å². The van der Waals surface area contributed by atoms with Gasteiger partial charge in [0, 0.05) is 11.3 Å². The van der Waals surface area contributed by atoms with Crippen LogP contribution in [0.1, 0.15) is 43.5 Å². The first kappa shape index (κ1) is 18.5. The molecule has 0 aliphatic heterocycles. The van der Waals surface area contributed by atoms with E-state index in [2.05, 4.69) is 27.4 Å². The number of hydrogen-bond acceptors (Lipinski definition) is 4. The minimum Gasteiger partial charge on any atom is -0.291 e. The van der Waals surface area contributed by atoms with Gasteiger partial charge in [0.1, 0.15) is 0 Å². The van der Waals surface area contributed by atoms with E-state index >= 15 is 0 Å². The van der Waals surface area contributed by atoms with Crippen LogP contribution in [0.4, 0.5) is 5.95 Å². The van der Waals surface area contributed by atoms with Crippen LogP contribution < -0.4 is 11.0 Å². The van der Waals surface area contributed by atoms with Gasteiger partial charge >= 0.3 is 0 Å². The zero-order chi connectivity index (χ0) is 17.7. The minimum atomic E-state index is -0.124. The molecular weight excluding hydrogens is 347 g/mol. The number of rotatable bonds is 6. The van der Waals surface area contributed by atoms with Crippen LogP contribution in [0, 0.1) is 6.92 Å². The molecule has 0 saturated carbocycles. The zero-order valence-corrected chi connectivity index (χ0v) is 15.4. The summed E-state index contributed by atoms with van der Waals surface area (Å²) in [7, 11) is 0. The second kappa shape index (κ2) is 8.31. The van der Waals surface area contributed by atoms with Crippen molar-refractivity contribution >= 4 is 34.9 Å². The van der Waals surface area contributed by atoms with E-state index in [1.807, 2.05) is 19.9 Å². The first-order valence-corrected chi connectivity index (χ1v) is 8.53. The third kappa shape index (κ3) is 4.58. The molecule has 2 N–H and O–H groups in total. The lowest BCUT2D eigenvalue weighted by Gasteiger charge is -2.07. The average Bonchev–Trinajstić information content (AvgIpc) is 2.54. The van der Waals surface area contributed by atoms with Crippen molar-refractivity contribution in [3.8, 4) is 0 Å². The molecule has 0 fully saturated rings. The van der Waals surface area contributed by atoms with Gasteiger partial charge in [-0.1, -0.05) is 42.6 Å². The van der Waals surface area contributed by atoms with Crippen molar-refractivity contribution in [3.05, 3.63) is 55.4 Å². The lowest BCUT2D eigenvalue weighted by Crippen LogP contribution is -2.18. The largest absolute Gasteiger partial charge is 0.291 e. The molecular formula is C17H20Cl2N4O. The summed E-state index contributed by atoms with van der Waals surface area (Å²) >= 11 is 11.9. The van der Waals surface area contributed by atoms with Gasteiger partial charge in [-0.2, -0.15) is 5.10 Å². The highest BCUT2D eigenvalue weighted by Gasteiger charge is 2.08. The number of unbranched alkanes of at least 4 members (excludes halogenated alkanes) is 1. The molecule has 0 aliphatic rings. The van der Waals surface area contributed by atoms with Gasteiger partial charge in [-0.3, -0.25) is 9.78 Å². The molecule has 0 unspecified atom stereocenters. The van der Waals surface area contributed by atoms with Crippen LogP contribution in [-0.4, -0.2) is 15.7 Å². The maximum absolute atomic E-state index is 12.1. The SMILES string of the molecule is CCCCc1c(C)nc(N/N=C(/C)c2ccc(Cl)c(Cl)c2)[nH]c1=O. The van der Waals surface area contributed by atoms with Gasteiger partial charge in [-0.25, -0.2) is 10.4 Å². The number of hydrogen-bond donors (Lipinski definition) is 2. The van der Waals surface area contributed by atoms with Crippen LogP contribution in [0.5, 0.6) is 0 Å². The van der Waals surface area contributed by atoms with Crippen molar-refractivity contribution in [2.45, 2.75) is 40.0 Å². The van der Waals surface area contributed by atoms with E-state index in [4.69, 9.17) is 23.2 Å². The number of nitrogens with one attached hydrogen (secondary N) is 2. The molecule has 0 atom stereocenters. The Morgan fingerprint density at radius 2 is 2.08 bits per heavy atom. The number of benzene rings is 1. The first-order chi connectivity index (χ1) is 11.4. The molecule has 0 radical (unpaired) electrons. The molecule has 2 rings (SSSR count). The van der Waals surface area contributed by atoms with E-state index in [0.29, 0.717) is 21.7 Å². The Morgan fingerprint density at radius 3 is 2.71 bits per heavy atom. The standard InChI is InChI=1S/C17H20Cl2N4O/c1-4-5-6-13-11(3)20-17(21-16(13)24)23-22-10(2)12-7-8-14(18)15(19)9-12/h7-9H,4-6H2,1-3H3,(H2,20,21,23,24)/b22-10-. The van der Waals surface area contributed by atoms with Crippen molar-refractivity contribution < 1.29 is 0 Å². The van der Waals surface area contributed by atoms with Gasteiger partial charge < -0.3 is 0 Å². The third-order valence-electron chi connectivity index (χ3n) is 3.67. The molecule has 128 valence electrons. The Kier molecular flexibility index (Phi) is 6.40. The highest BCUT2D eigenvalue weighted by molar-refractivity contribution is 6.42. The number of aromatic amines is 1. The number of aromatic nitrogens is 2. The van der Waals surface area contributed by atoms with Crippen molar-refractivity contribution in [3.63, 3.8) is 0 Å². The van der Waals surface area contributed by atoms with Crippen LogP contribution in [0.25, 0.3) is 0 Å². The van der Waals surface area contributed by atoms with Gasteiger partial charge in [-0.15, -0.1) is 0 Å². The molecule has 1 aromatic heterocycles. The Bertz CT molecular complexity index is 815. The summed E-state index contributed by atoms with van der Waals surface area (Å²) in [4.78, 5) is 19.2. The molecule has 0 saturated heterocycles. The topological polar surface area (TPSA) is 70.1 Å². The smallest absolute Gasteiger partial charge is 0.255 e. The monoisotopic (exact) mass is 366 g/mol. The summed E-state index contributed by atoms with van der Waals surface area (Å²) in [5.41, 5.74) is 5.64. The normalized spacial score (nSPS) is 11.6. The van der Waals surface area contributed by atoms with Gasteiger partial charge in [0.2, 0.25) is 5.95 Å². The number of aryl methyl sites for hydroxylation is 1. The fraction of sp³-hybridized carbons (Fsp3) is 0.353. The van der Waals surface area contributed by atoms with E-state index in [1.165, 1.54) is 0 Å². The summed E-state index contributed by atoms with van der Waals surface area (Å²) in [5.74, 6) is 0.317. The summed E-state index contributed by atoms with van der Waals surface area (Å²) in [6, 6.07) is 5.27. The molecule has 0 spiro atoms. The molecule has 1 aromatic carbocycles. The van der Waals surface area contributed by atoms with Crippen molar-refractivity contribution in [1.82, 2.24) is 9.97 Å². The highest BCUT2D eigenvalue weighted by atomic mass is 35.5.